The van der Waals surface area contributed by atoms with Crippen molar-refractivity contribution in [3.63, 3.8) is 0 Å². The number of hydrogen-bond acceptors (Lipinski definition) is 2. The van der Waals surface area contributed by atoms with Gasteiger partial charge in [0, 0.05) is 17.7 Å². The van der Waals surface area contributed by atoms with Crippen molar-refractivity contribution in [1.29, 1.82) is 0 Å². The highest BCUT2D eigenvalue weighted by atomic mass is 16.5. The van der Waals surface area contributed by atoms with Gasteiger partial charge in [-0.3, -0.25) is 4.79 Å². The molecule has 0 saturated carbocycles. The Bertz CT molecular complexity index is 333. The van der Waals surface area contributed by atoms with Crippen LogP contribution in [0.5, 0.6) is 5.75 Å². The SMILES string of the molecule is COc1cccc2c1CNC2=O. The van der Waals surface area contributed by atoms with Crippen LogP contribution in [0.15, 0.2) is 18.2 Å². The van der Waals surface area contributed by atoms with Gasteiger partial charge in [0.15, 0.2) is 0 Å². The zero-order valence-electron chi connectivity index (χ0n) is 6.76. The van der Waals surface area contributed by atoms with Crippen molar-refractivity contribution in [2.24, 2.45) is 0 Å². The molecule has 0 radical (unpaired) electrons. The van der Waals surface area contributed by atoms with Gasteiger partial charge in [0.05, 0.1) is 7.11 Å². The van der Waals surface area contributed by atoms with Crippen LogP contribution in [-0.2, 0) is 6.54 Å². The number of carbonyl (C=O) groups excluding carboxylic acids is 1. The quantitative estimate of drug-likeness (QED) is 0.669. The molecule has 12 heavy (non-hydrogen) atoms. The number of amides is 1. The monoisotopic (exact) mass is 163 g/mol. The zero-order chi connectivity index (χ0) is 8.55. The lowest BCUT2D eigenvalue weighted by molar-refractivity contribution is 0.0966. The Balaban J connectivity index is 2.58. The Hall–Kier alpha value is -1.51. The van der Waals surface area contributed by atoms with Gasteiger partial charge < -0.3 is 10.1 Å². The molecule has 1 heterocycles. The van der Waals surface area contributed by atoms with E-state index in [2.05, 4.69) is 5.32 Å². The number of methoxy groups -OCH3 is 1. The average molecular weight is 163 g/mol. The van der Waals surface area contributed by atoms with Crippen LogP contribution < -0.4 is 10.1 Å². The molecule has 62 valence electrons. The molecule has 0 spiro atoms. The molecule has 3 nitrogen and oxygen atoms in total. The maximum atomic E-state index is 11.2. The maximum Gasteiger partial charge on any atom is 0.252 e. The van der Waals surface area contributed by atoms with Gasteiger partial charge in [-0.2, -0.15) is 0 Å². The molecule has 0 saturated heterocycles. The second kappa shape index (κ2) is 2.52. The highest BCUT2D eigenvalue weighted by Gasteiger charge is 2.21. The van der Waals surface area contributed by atoms with Gasteiger partial charge in [-0.05, 0) is 12.1 Å². The van der Waals surface area contributed by atoms with E-state index in [1.165, 1.54) is 0 Å². The van der Waals surface area contributed by atoms with Crippen LogP contribution in [0.25, 0.3) is 0 Å². The number of ether oxygens (including phenoxy) is 1. The Morgan fingerprint density at radius 3 is 3.08 bits per heavy atom. The van der Waals surface area contributed by atoms with Crippen molar-refractivity contribution in [2.75, 3.05) is 7.11 Å². The lowest BCUT2D eigenvalue weighted by Gasteiger charge is -2.03. The zero-order valence-corrected chi connectivity index (χ0v) is 6.76. The van der Waals surface area contributed by atoms with Gasteiger partial charge in [-0.25, -0.2) is 0 Å². The third-order valence-corrected chi connectivity index (χ3v) is 2.02. The first-order chi connectivity index (χ1) is 5.83. The van der Waals surface area contributed by atoms with Crippen LogP contribution in [0.4, 0.5) is 0 Å². The van der Waals surface area contributed by atoms with Crippen LogP contribution in [0.3, 0.4) is 0 Å². The minimum absolute atomic E-state index is 0.0103. The number of hydrogen-bond donors (Lipinski definition) is 1. The summed E-state index contributed by atoms with van der Waals surface area (Å²) in [6.07, 6.45) is 0. The molecule has 0 atom stereocenters. The lowest BCUT2D eigenvalue weighted by atomic mass is 10.1. The van der Waals surface area contributed by atoms with Crippen molar-refractivity contribution >= 4 is 5.91 Å². The summed E-state index contributed by atoms with van der Waals surface area (Å²) in [5, 5.41) is 2.74. The number of carbonyl (C=O) groups is 1. The first-order valence-corrected chi connectivity index (χ1v) is 3.77. The first-order valence-electron chi connectivity index (χ1n) is 3.77. The number of nitrogens with one attached hydrogen (secondary N) is 1. The van der Waals surface area contributed by atoms with Crippen LogP contribution >= 0.6 is 0 Å². The predicted octanol–water partition coefficient (Wildman–Crippen LogP) is 0.939. The molecule has 0 unspecified atom stereocenters. The average Bonchev–Trinajstić information content (AvgIpc) is 2.48. The number of rotatable bonds is 1. The predicted molar refractivity (Wildman–Crippen MR) is 44.2 cm³/mol. The highest BCUT2D eigenvalue weighted by Crippen LogP contribution is 2.25. The second-order valence-corrected chi connectivity index (χ2v) is 2.67. The van der Waals surface area contributed by atoms with Crippen molar-refractivity contribution < 1.29 is 9.53 Å². The molecule has 1 aliphatic heterocycles. The molecule has 2 rings (SSSR count). The van der Waals surface area contributed by atoms with Gasteiger partial charge in [0.1, 0.15) is 5.75 Å². The molecule has 1 amide bonds. The second-order valence-electron chi connectivity index (χ2n) is 2.67. The Kier molecular flexibility index (Phi) is 1.50. The van der Waals surface area contributed by atoms with Crippen LogP contribution in [0, 0.1) is 0 Å². The lowest BCUT2D eigenvalue weighted by Crippen LogP contribution is -2.12. The maximum absolute atomic E-state index is 11.2. The van der Waals surface area contributed by atoms with E-state index in [4.69, 9.17) is 4.74 Å². The smallest absolute Gasteiger partial charge is 0.252 e. The van der Waals surface area contributed by atoms with E-state index in [0.29, 0.717) is 6.54 Å². The Labute approximate surface area is 70.3 Å². The van der Waals surface area contributed by atoms with Gasteiger partial charge in [-0.15, -0.1) is 0 Å². The van der Waals surface area contributed by atoms with Crippen LogP contribution in [0.2, 0.25) is 0 Å². The Morgan fingerprint density at radius 2 is 2.33 bits per heavy atom. The van der Waals surface area contributed by atoms with E-state index < -0.39 is 0 Å². The third kappa shape index (κ3) is 0.863. The first kappa shape index (κ1) is 7.16. The van der Waals surface area contributed by atoms with E-state index in [0.717, 1.165) is 16.9 Å². The standard InChI is InChI=1S/C9H9NO2/c1-12-8-4-2-3-6-7(8)5-10-9(6)11/h2-4H,5H2,1H3,(H,10,11). The summed E-state index contributed by atoms with van der Waals surface area (Å²) in [7, 11) is 1.61. The molecule has 1 N–H and O–H groups in total. The molecular weight excluding hydrogens is 154 g/mol. The fourth-order valence-electron chi connectivity index (χ4n) is 1.42. The molecule has 0 aliphatic carbocycles. The van der Waals surface area contributed by atoms with Crippen LogP contribution in [0.1, 0.15) is 15.9 Å². The van der Waals surface area contributed by atoms with E-state index in [1.54, 1.807) is 13.2 Å². The molecule has 1 aromatic rings. The minimum Gasteiger partial charge on any atom is -0.496 e. The number of fused-ring (bicyclic) bond motifs is 1. The summed E-state index contributed by atoms with van der Waals surface area (Å²) in [5.41, 5.74) is 1.69. The summed E-state index contributed by atoms with van der Waals surface area (Å²) in [5.74, 6) is 0.773. The van der Waals surface area contributed by atoms with E-state index >= 15 is 0 Å². The Morgan fingerprint density at radius 1 is 1.50 bits per heavy atom. The van der Waals surface area contributed by atoms with Crippen molar-refractivity contribution in [2.45, 2.75) is 6.54 Å². The van der Waals surface area contributed by atoms with Gasteiger partial charge in [0.2, 0.25) is 0 Å². The van der Waals surface area contributed by atoms with Crippen LogP contribution in [-0.4, -0.2) is 13.0 Å². The van der Waals surface area contributed by atoms with E-state index in [1.807, 2.05) is 12.1 Å². The molecule has 0 fully saturated rings. The fourth-order valence-corrected chi connectivity index (χ4v) is 1.42. The largest absolute Gasteiger partial charge is 0.496 e. The van der Waals surface area contributed by atoms with E-state index in [-0.39, 0.29) is 5.91 Å². The summed E-state index contributed by atoms with van der Waals surface area (Å²) >= 11 is 0. The molecule has 0 bridgehead atoms. The summed E-state index contributed by atoms with van der Waals surface area (Å²) < 4.78 is 5.11. The van der Waals surface area contributed by atoms with Crippen molar-refractivity contribution in [3.05, 3.63) is 29.3 Å². The normalized spacial score (nSPS) is 13.9. The fraction of sp³-hybridized carbons (Fsp3) is 0.222. The molecular formula is C9H9NO2. The highest BCUT2D eigenvalue weighted by molar-refractivity contribution is 5.99. The molecule has 3 heteroatoms. The summed E-state index contributed by atoms with van der Waals surface area (Å²) in [6, 6.07) is 5.49. The third-order valence-electron chi connectivity index (χ3n) is 2.02. The topological polar surface area (TPSA) is 38.3 Å². The summed E-state index contributed by atoms with van der Waals surface area (Å²) in [6.45, 7) is 0.582. The number of benzene rings is 1. The molecule has 1 aliphatic rings. The van der Waals surface area contributed by atoms with Gasteiger partial charge >= 0.3 is 0 Å². The molecule has 1 aromatic carbocycles. The summed E-state index contributed by atoms with van der Waals surface area (Å²) in [4.78, 5) is 11.2. The van der Waals surface area contributed by atoms with Gasteiger partial charge in [-0.1, -0.05) is 6.07 Å². The molecule has 0 aromatic heterocycles. The minimum atomic E-state index is -0.0103. The van der Waals surface area contributed by atoms with Gasteiger partial charge in [0.25, 0.3) is 5.91 Å². The van der Waals surface area contributed by atoms with Crippen molar-refractivity contribution in [3.8, 4) is 5.75 Å². The van der Waals surface area contributed by atoms with E-state index in [9.17, 15) is 4.79 Å². The van der Waals surface area contributed by atoms with Crippen molar-refractivity contribution in [1.82, 2.24) is 5.32 Å².